The Labute approximate surface area is 70.3 Å². The predicted octanol–water partition coefficient (Wildman–Crippen LogP) is -0.0785. The Morgan fingerprint density at radius 1 is 1.50 bits per heavy atom. The van der Waals surface area contributed by atoms with Crippen LogP contribution < -0.4 is 5.56 Å². The van der Waals surface area contributed by atoms with Gasteiger partial charge in [0.2, 0.25) is 0 Å². The van der Waals surface area contributed by atoms with Gasteiger partial charge >= 0.3 is 0 Å². The van der Waals surface area contributed by atoms with E-state index in [2.05, 4.69) is 9.97 Å². The second-order valence-corrected chi connectivity index (χ2v) is 2.69. The largest absolute Gasteiger partial charge is 0.396 e. The molecule has 0 spiro atoms. The van der Waals surface area contributed by atoms with Crippen LogP contribution in [0.5, 0.6) is 0 Å². The number of nitrogens with zero attached hydrogens (tertiary/aromatic N) is 1. The molecule has 1 aromatic heterocycles. The first-order chi connectivity index (χ1) is 5.65. The van der Waals surface area contributed by atoms with E-state index >= 15 is 0 Å². The second kappa shape index (κ2) is 3.49. The second-order valence-electron chi connectivity index (χ2n) is 2.69. The van der Waals surface area contributed by atoms with E-state index < -0.39 is 0 Å². The number of aliphatic hydroxyl groups is 1. The van der Waals surface area contributed by atoms with Crippen LogP contribution in [0.1, 0.15) is 17.1 Å². The van der Waals surface area contributed by atoms with E-state index in [0.29, 0.717) is 23.5 Å². The number of H-pyrrole nitrogens is 1. The Bertz CT molecular complexity index is 330. The van der Waals surface area contributed by atoms with Crippen LogP contribution in [0.3, 0.4) is 0 Å². The topological polar surface area (TPSA) is 66.0 Å². The third-order valence-corrected chi connectivity index (χ3v) is 1.70. The van der Waals surface area contributed by atoms with Crippen LogP contribution in [0.2, 0.25) is 0 Å². The van der Waals surface area contributed by atoms with Crippen molar-refractivity contribution in [1.29, 1.82) is 0 Å². The highest BCUT2D eigenvalue weighted by Crippen LogP contribution is 1.98. The first kappa shape index (κ1) is 8.93. The molecule has 0 bridgehead atoms. The molecule has 1 aromatic rings. The summed E-state index contributed by atoms with van der Waals surface area (Å²) in [7, 11) is 0. The van der Waals surface area contributed by atoms with E-state index in [-0.39, 0.29) is 12.2 Å². The third kappa shape index (κ3) is 1.71. The molecule has 0 aliphatic rings. The number of nitrogens with one attached hydrogen (secondary N) is 1. The summed E-state index contributed by atoms with van der Waals surface area (Å²) in [6.07, 6.45) is 0.369. The van der Waals surface area contributed by atoms with Gasteiger partial charge in [-0.2, -0.15) is 0 Å². The quantitative estimate of drug-likeness (QED) is 0.649. The molecule has 12 heavy (non-hydrogen) atoms. The van der Waals surface area contributed by atoms with Crippen LogP contribution in [-0.4, -0.2) is 21.7 Å². The number of aliphatic hydroxyl groups excluding tert-OH is 1. The summed E-state index contributed by atoms with van der Waals surface area (Å²) in [4.78, 5) is 17.9. The lowest BCUT2D eigenvalue weighted by Gasteiger charge is -2.02. The van der Waals surface area contributed by atoms with Gasteiger partial charge in [-0.15, -0.1) is 0 Å². The van der Waals surface area contributed by atoms with E-state index in [1.165, 1.54) is 0 Å². The summed E-state index contributed by atoms with van der Waals surface area (Å²) in [6.45, 7) is 3.49. The van der Waals surface area contributed by atoms with Gasteiger partial charge in [0.25, 0.3) is 5.56 Å². The van der Waals surface area contributed by atoms with Gasteiger partial charge in [0.15, 0.2) is 0 Å². The number of hydrogen-bond donors (Lipinski definition) is 2. The molecule has 4 heteroatoms. The molecule has 0 saturated heterocycles. The zero-order valence-electron chi connectivity index (χ0n) is 7.22. The standard InChI is InChI=1S/C8H12N2O2/c1-5-7(3-4-11)8(12)10-6(2)9-5/h11H,3-4H2,1-2H3,(H,9,10,12). The smallest absolute Gasteiger partial charge is 0.254 e. The minimum absolute atomic E-state index is 0.0192. The molecule has 0 aromatic carbocycles. The normalized spacial score (nSPS) is 10.2. The molecule has 0 atom stereocenters. The highest BCUT2D eigenvalue weighted by atomic mass is 16.3. The summed E-state index contributed by atoms with van der Waals surface area (Å²) in [5.74, 6) is 0.610. The number of aromatic amines is 1. The Morgan fingerprint density at radius 3 is 2.67 bits per heavy atom. The third-order valence-electron chi connectivity index (χ3n) is 1.70. The number of aryl methyl sites for hydroxylation is 2. The molecular formula is C8H12N2O2. The van der Waals surface area contributed by atoms with Gasteiger partial charge in [-0.25, -0.2) is 4.98 Å². The highest BCUT2D eigenvalue weighted by molar-refractivity contribution is 5.16. The van der Waals surface area contributed by atoms with Crippen LogP contribution in [0.25, 0.3) is 0 Å². The fourth-order valence-corrected chi connectivity index (χ4v) is 1.16. The zero-order chi connectivity index (χ0) is 9.14. The van der Waals surface area contributed by atoms with Crippen LogP contribution in [0, 0.1) is 13.8 Å². The van der Waals surface area contributed by atoms with Gasteiger partial charge in [0.05, 0.1) is 0 Å². The van der Waals surface area contributed by atoms with Crippen molar-refractivity contribution < 1.29 is 5.11 Å². The Kier molecular flexibility index (Phi) is 2.60. The fraction of sp³-hybridized carbons (Fsp3) is 0.500. The molecule has 0 radical (unpaired) electrons. The monoisotopic (exact) mass is 168 g/mol. The molecule has 66 valence electrons. The number of aromatic nitrogens is 2. The molecule has 2 N–H and O–H groups in total. The number of rotatable bonds is 2. The zero-order valence-corrected chi connectivity index (χ0v) is 7.22. The SMILES string of the molecule is Cc1nc(C)c(CCO)c(=O)[nH]1. The molecule has 0 aliphatic carbocycles. The maximum atomic E-state index is 11.2. The van der Waals surface area contributed by atoms with Gasteiger partial charge in [-0.3, -0.25) is 4.79 Å². The maximum Gasteiger partial charge on any atom is 0.254 e. The molecule has 0 aliphatic heterocycles. The van der Waals surface area contributed by atoms with Gasteiger partial charge in [0.1, 0.15) is 5.82 Å². The lowest BCUT2D eigenvalue weighted by atomic mass is 10.2. The molecule has 1 heterocycles. The van der Waals surface area contributed by atoms with E-state index in [9.17, 15) is 4.79 Å². The van der Waals surface area contributed by atoms with Crippen molar-refractivity contribution in [3.63, 3.8) is 0 Å². The fourth-order valence-electron chi connectivity index (χ4n) is 1.16. The molecule has 4 nitrogen and oxygen atoms in total. The van der Waals surface area contributed by atoms with Crippen molar-refractivity contribution in [2.75, 3.05) is 6.61 Å². The van der Waals surface area contributed by atoms with E-state index in [4.69, 9.17) is 5.11 Å². The van der Waals surface area contributed by atoms with Crippen LogP contribution in [0.4, 0.5) is 0 Å². The first-order valence-corrected chi connectivity index (χ1v) is 3.82. The highest BCUT2D eigenvalue weighted by Gasteiger charge is 2.04. The molecule has 0 saturated carbocycles. The van der Waals surface area contributed by atoms with Gasteiger partial charge in [-0.1, -0.05) is 0 Å². The van der Waals surface area contributed by atoms with E-state index in [1.807, 2.05) is 0 Å². The van der Waals surface area contributed by atoms with Crippen LogP contribution in [0.15, 0.2) is 4.79 Å². The summed E-state index contributed by atoms with van der Waals surface area (Å²) in [5.41, 5.74) is 1.13. The minimum atomic E-state index is -0.144. The Morgan fingerprint density at radius 2 is 2.17 bits per heavy atom. The van der Waals surface area contributed by atoms with Crippen molar-refractivity contribution >= 4 is 0 Å². The van der Waals surface area contributed by atoms with Crippen molar-refractivity contribution in [1.82, 2.24) is 9.97 Å². The molecule has 0 fully saturated rings. The maximum absolute atomic E-state index is 11.2. The average molecular weight is 168 g/mol. The molecular weight excluding hydrogens is 156 g/mol. The lowest BCUT2D eigenvalue weighted by molar-refractivity contribution is 0.298. The van der Waals surface area contributed by atoms with E-state index in [1.54, 1.807) is 13.8 Å². The van der Waals surface area contributed by atoms with E-state index in [0.717, 1.165) is 0 Å². The summed E-state index contributed by atoms with van der Waals surface area (Å²) in [5, 5.41) is 8.66. The van der Waals surface area contributed by atoms with Gasteiger partial charge in [0, 0.05) is 24.3 Å². The van der Waals surface area contributed by atoms with Crippen LogP contribution in [-0.2, 0) is 6.42 Å². The summed E-state index contributed by atoms with van der Waals surface area (Å²) < 4.78 is 0. The van der Waals surface area contributed by atoms with Crippen molar-refractivity contribution in [3.05, 3.63) is 27.4 Å². The van der Waals surface area contributed by atoms with Crippen molar-refractivity contribution in [2.24, 2.45) is 0 Å². The number of hydrogen-bond acceptors (Lipinski definition) is 3. The lowest BCUT2D eigenvalue weighted by Crippen LogP contribution is -2.18. The van der Waals surface area contributed by atoms with Gasteiger partial charge in [-0.05, 0) is 13.8 Å². The Hall–Kier alpha value is -1.16. The summed E-state index contributed by atoms with van der Waals surface area (Å²) in [6, 6.07) is 0. The van der Waals surface area contributed by atoms with Gasteiger partial charge < -0.3 is 10.1 Å². The average Bonchev–Trinajstić information content (AvgIpc) is 1.96. The summed E-state index contributed by atoms with van der Waals surface area (Å²) >= 11 is 0. The molecule has 0 unspecified atom stereocenters. The molecule has 1 rings (SSSR count). The van der Waals surface area contributed by atoms with Crippen molar-refractivity contribution in [3.8, 4) is 0 Å². The van der Waals surface area contributed by atoms with Crippen LogP contribution >= 0.6 is 0 Å². The first-order valence-electron chi connectivity index (χ1n) is 3.82. The predicted molar refractivity (Wildman–Crippen MR) is 45.1 cm³/mol. The van der Waals surface area contributed by atoms with Crippen molar-refractivity contribution in [2.45, 2.75) is 20.3 Å². The molecule has 0 amide bonds. The Balaban J connectivity index is 3.19. The minimum Gasteiger partial charge on any atom is -0.396 e.